The minimum absolute atomic E-state index is 0.331. The molecule has 1 aliphatic rings. The Morgan fingerprint density at radius 3 is 2.44 bits per heavy atom. The first-order valence-electron chi connectivity index (χ1n) is 8.30. The smallest absolute Gasteiger partial charge is 0.298 e. The van der Waals surface area contributed by atoms with Gasteiger partial charge in [0.2, 0.25) is 0 Å². The van der Waals surface area contributed by atoms with Gasteiger partial charge in [-0.1, -0.05) is 18.2 Å². The molecule has 0 spiro atoms. The van der Waals surface area contributed by atoms with Gasteiger partial charge in [0.1, 0.15) is 5.75 Å². The zero-order valence-corrected chi connectivity index (χ0v) is 16.0. The van der Waals surface area contributed by atoms with Crippen LogP contribution in [-0.2, 0) is 4.79 Å². The second-order valence-corrected chi connectivity index (χ2v) is 6.53. The van der Waals surface area contributed by atoms with Gasteiger partial charge in [0.05, 0.1) is 31.4 Å². The molecule has 1 saturated heterocycles. The molecule has 1 fully saturated rings. The van der Waals surface area contributed by atoms with Crippen LogP contribution in [0.15, 0.2) is 47.4 Å². The van der Waals surface area contributed by atoms with Gasteiger partial charge in [-0.25, -0.2) is 4.90 Å². The van der Waals surface area contributed by atoms with Gasteiger partial charge in [0.15, 0.2) is 11.5 Å². The molecule has 0 radical (unpaired) electrons. The summed E-state index contributed by atoms with van der Waals surface area (Å²) in [6.45, 7) is 2.41. The predicted molar refractivity (Wildman–Crippen MR) is 106 cm³/mol. The van der Waals surface area contributed by atoms with E-state index in [9.17, 15) is 9.59 Å². The summed E-state index contributed by atoms with van der Waals surface area (Å²) in [5.41, 5.74) is 1.16. The lowest BCUT2D eigenvalue weighted by molar-refractivity contribution is -0.113. The molecule has 3 rings (SSSR count). The van der Waals surface area contributed by atoms with Gasteiger partial charge < -0.3 is 14.2 Å². The molecule has 2 aromatic carbocycles. The number of carbonyl (C=O) groups is 2. The molecule has 6 nitrogen and oxygen atoms in total. The SMILES string of the molecule is CCOc1ccc(/C=C2\SC(=O)N(c3ccccc3OC)C2=O)cc1OC. The third-order valence-electron chi connectivity index (χ3n) is 3.91. The third kappa shape index (κ3) is 3.78. The molecule has 1 heterocycles. The summed E-state index contributed by atoms with van der Waals surface area (Å²) in [4.78, 5) is 26.7. The highest BCUT2D eigenvalue weighted by Crippen LogP contribution is 2.40. The average molecular weight is 385 g/mol. The number of carbonyl (C=O) groups excluding carboxylic acids is 2. The van der Waals surface area contributed by atoms with Crippen LogP contribution >= 0.6 is 11.8 Å². The van der Waals surface area contributed by atoms with E-state index in [1.807, 2.05) is 13.0 Å². The summed E-state index contributed by atoms with van der Waals surface area (Å²) in [7, 11) is 3.05. The number of anilines is 1. The third-order valence-corrected chi connectivity index (χ3v) is 4.77. The maximum atomic E-state index is 12.8. The first-order valence-corrected chi connectivity index (χ1v) is 9.12. The highest BCUT2D eigenvalue weighted by atomic mass is 32.2. The Balaban J connectivity index is 1.93. The Labute approximate surface area is 161 Å². The van der Waals surface area contributed by atoms with Crippen molar-refractivity contribution in [1.82, 2.24) is 0 Å². The first-order chi connectivity index (χ1) is 13.1. The molecular weight excluding hydrogens is 366 g/mol. The van der Waals surface area contributed by atoms with E-state index in [1.165, 1.54) is 7.11 Å². The second-order valence-electron chi connectivity index (χ2n) is 5.53. The molecule has 0 unspecified atom stereocenters. The number of ether oxygens (including phenoxy) is 3. The van der Waals surface area contributed by atoms with Gasteiger partial charge in [-0.3, -0.25) is 9.59 Å². The van der Waals surface area contributed by atoms with Crippen molar-refractivity contribution in [3.05, 3.63) is 52.9 Å². The van der Waals surface area contributed by atoms with Crippen LogP contribution in [0.3, 0.4) is 0 Å². The summed E-state index contributed by atoms with van der Waals surface area (Å²) in [6.07, 6.45) is 1.67. The number of nitrogens with zero attached hydrogens (tertiary/aromatic N) is 1. The van der Waals surface area contributed by atoms with E-state index in [1.54, 1.807) is 49.6 Å². The van der Waals surface area contributed by atoms with Crippen molar-refractivity contribution in [2.45, 2.75) is 6.92 Å². The lowest BCUT2D eigenvalue weighted by Crippen LogP contribution is -2.28. The molecule has 27 heavy (non-hydrogen) atoms. The monoisotopic (exact) mass is 385 g/mol. The van der Waals surface area contributed by atoms with Gasteiger partial charge >= 0.3 is 0 Å². The summed E-state index contributed by atoms with van der Waals surface area (Å²) in [5.74, 6) is 1.26. The molecular formula is C20H19NO5S. The number of benzene rings is 2. The number of para-hydroxylation sites is 2. The predicted octanol–water partition coefficient (Wildman–Crippen LogP) is 4.34. The zero-order valence-electron chi connectivity index (χ0n) is 15.2. The first kappa shape index (κ1) is 18.8. The van der Waals surface area contributed by atoms with Crippen molar-refractivity contribution in [3.63, 3.8) is 0 Å². The summed E-state index contributed by atoms with van der Waals surface area (Å²) in [6, 6.07) is 12.3. The van der Waals surface area contributed by atoms with Gasteiger partial charge in [0, 0.05) is 0 Å². The van der Waals surface area contributed by atoms with E-state index in [-0.39, 0.29) is 11.1 Å². The molecule has 140 valence electrons. The number of methoxy groups -OCH3 is 2. The van der Waals surface area contributed by atoms with E-state index in [0.29, 0.717) is 34.4 Å². The van der Waals surface area contributed by atoms with Crippen LogP contribution in [0.25, 0.3) is 6.08 Å². The fourth-order valence-electron chi connectivity index (χ4n) is 2.69. The van der Waals surface area contributed by atoms with E-state index >= 15 is 0 Å². The van der Waals surface area contributed by atoms with E-state index in [2.05, 4.69) is 0 Å². The number of amides is 2. The van der Waals surface area contributed by atoms with Gasteiger partial charge in [-0.15, -0.1) is 0 Å². The summed E-state index contributed by atoms with van der Waals surface area (Å²) in [5, 5.41) is -0.367. The van der Waals surface area contributed by atoms with Crippen LogP contribution in [0, 0.1) is 0 Å². The second kappa shape index (κ2) is 8.18. The topological polar surface area (TPSA) is 65.1 Å². The normalized spacial score (nSPS) is 15.4. The van der Waals surface area contributed by atoms with Gasteiger partial charge in [0.25, 0.3) is 11.1 Å². The van der Waals surface area contributed by atoms with Crippen LogP contribution in [0.4, 0.5) is 10.5 Å². The lowest BCUT2D eigenvalue weighted by atomic mass is 10.1. The Morgan fingerprint density at radius 2 is 1.74 bits per heavy atom. The molecule has 1 aliphatic heterocycles. The fourth-order valence-corrected chi connectivity index (χ4v) is 3.52. The van der Waals surface area contributed by atoms with Crippen LogP contribution in [0.5, 0.6) is 17.2 Å². The van der Waals surface area contributed by atoms with Crippen molar-refractivity contribution in [2.75, 3.05) is 25.7 Å². The molecule has 0 N–H and O–H groups in total. The van der Waals surface area contributed by atoms with Gasteiger partial charge in [-0.2, -0.15) is 0 Å². The molecule has 0 aromatic heterocycles. The largest absolute Gasteiger partial charge is 0.495 e. The number of hydrogen-bond donors (Lipinski definition) is 0. The minimum Gasteiger partial charge on any atom is -0.495 e. The van der Waals surface area contributed by atoms with Crippen molar-refractivity contribution >= 4 is 34.7 Å². The zero-order chi connectivity index (χ0) is 19.4. The highest BCUT2D eigenvalue weighted by Gasteiger charge is 2.37. The lowest BCUT2D eigenvalue weighted by Gasteiger charge is -2.15. The molecule has 0 aliphatic carbocycles. The van der Waals surface area contributed by atoms with Crippen LogP contribution in [-0.4, -0.2) is 32.0 Å². The maximum Gasteiger partial charge on any atom is 0.298 e. The van der Waals surface area contributed by atoms with E-state index < -0.39 is 0 Å². The Hall–Kier alpha value is -2.93. The molecule has 0 bridgehead atoms. The quantitative estimate of drug-likeness (QED) is 0.689. The summed E-state index contributed by atoms with van der Waals surface area (Å²) < 4.78 is 16.1. The fraction of sp³-hybridized carbons (Fsp3) is 0.200. The van der Waals surface area contributed by atoms with E-state index in [0.717, 1.165) is 22.2 Å². The van der Waals surface area contributed by atoms with Crippen LogP contribution in [0.1, 0.15) is 12.5 Å². The molecule has 0 atom stereocenters. The maximum absolute atomic E-state index is 12.8. The van der Waals surface area contributed by atoms with Crippen molar-refractivity contribution in [2.24, 2.45) is 0 Å². The molecule has 2 amide bonds. The molecule has 2 aromatic rings. The standard InChI is InChI=1S/C20H19NO5S/c1-4-26-16-10-9-13(11-17(16)25-3)12-18-19(22)21(20(23)27-18)14-7-5-6-8-15(14)24-2/h5-12H,4H2,1-3H3/b18-12-. The van der Waals surface area contributed by atoms with Crippen molar-refractivity contribution in [3.8, 4) is 17.2 Å². The van der Waals surface area contributed by atoms with Gasteiger partial charge in [-0.05, 0) is 54.6 Å². The molecule has 7 heteroatoms. The highest BCUT2D eigenvalue weighted by molar-refractivity contribution is 8.19. The average Bonchev–Trinajstić information content (AvgIpc) is 2.96. The molecule has 0 saturated carbocycles. The van der Waals surface area contributed by atoms with E-state index in [4.69, 9.17) is 14.2 Å². The van der Waals surface area contributed by atoms with Crippen LogP contribution < -0.4 is 19.1 Å². The Bertz CT molecular complexity index is 909. The Morgan fingerprint density at radius 1 is 1.00 bits per heavy atom. The summed E-state index contributed by atoms with van der Waals surface area (Å²) >= 11 is 0.889. The van der Waals surface area contributed by atoms with Crippen LogP contribution in [0.2, 0.25) is 0 Å². The van der Waals surface area contributed by atoms with Crippen molar-refractivity contribution < 1.29 is 23.8 Å². The Kier molecular flexibility index (Phi) is 5.71. The number of imide groups is 1. The van der Waals surface area contributed by atoms with Crippen molar-refractivity contribution in [1.29, 1.82) is 0 Å². The number of rotatable bonds is 6. The minimum atomic E-state index is -0.387. The number of hydrogen-bond acceptors (Lipinski definition) is 6. The number of thioether (sulfide) groups is 1.